The van der Waals surface area contributed by atoms with Crippen LogP contribution in [0.25, 0.3) is 0 Å². The Morgan fingerprint density at radius 3 is 2.19 bits per heavy atom. The summed E-state index contributed by atoms with van der Waals surface area (Å²) >= 11 is 0. The van der Waals surface area contributed by atoms with Gasteiger partial charge in [0.05, 0.1) is 13.2 Å². The summed E-state index contributed by atoms with van der Waals surface area (Å²) in [5.74, 6) is 0. The number of rotatable bonds is 11. The van der Waals surface area contributed by atoms with Crippen LogP contribution in [0.5, 0.6) is 0 Å². The Balaban J connectivity index is 2.83. The van der Waals surface area contributed by atoms with Crippen LogP contribution in [0.2, 0.25) is 0 Å². The fraction of sp³-hybridized carbons (Fsp3) is 0.647. The average Bonchev–Trinajstić information content (AvgIpc) is 2.47. The molecule has 0 heterocycles. The van der Waals surface area contributed by atoms with Crippen molar-refractivity contribution in [2.75, 3.05) is 51.5 Å². The second-order valence-corrected chi connectivity index (χ2v) is 5.04. The van der Waals surface area contributed by atoms with E-state index < -0.39 is 0 Å². The minimum atomic E-state index is 0.746. The number of nitrogens with one attached hydrogen (secondary N) is 1. The number of hydrogen-bond acceptors (Lipinski definition) is 4. The summed E-state index contributed by atoms with van der Waals surface area (Å²) in [4.78, 5) is 2.36. The largest absolute Gasteiger partial charge is 0.380 e. The molecule has 0 aliphatic carbocycles. The Hall–Kier alpha value is -1.10. The van der Waals surface area contributed by atoms with E-state index in [1.807, 2.05) is 20.9 Å². The normalized spacial score (nSPS) is 10.9. The number of hydrogen-bond donors (Lipinski definition) is 1. The van der Waals surface area contributed by atoms with Gasteiger partial charge in [-0.25, -0.2) is 0 Å². The van der Waals surface area contributed by atoms with Gasteiger partial charge in [-0.05, 0) is 39.4 Å². The SMILES string of the molecule is CCOCCN(CCOCC)c1ccc(C)cc1CNC. The van der Waals surface area contributed by atoms with Gasteiger partial charge in [-0.1, -0.05) is 17.7 Å². The van der Waals surface area contributed by atoms with Crippen molar-refractivity contribution in [1.29, 1.82) is 0 Å². The molecule has 4 nitrogen and oxygen atoms in total. The molecule has 1 aromatic rings. The van der Waals surface area contributed by atoms with Crippen LogP contribution in [0.3, 0.4) is 0 Å². The Labute approximate surface area is 129 Å². The van der Waals surface area contributed by atoms with Crippen molar-refractivity contribution in [3.05, 3.63) is 29.3 Å². The minimum absolute atomic E-state index is 0.746. The van der Waals surface area contributed by atoms with E-state index in [4.69, 9.17) is 9.47 Å². The van der Waals surface area contributed by atoms with E-state index in [0.717, 1.165) is 46.1 Å². The topological polar surface area (TPSA) is 33.7 Å². The smallest absolute Gasteiger partial charge is 0.0641 e. The minimum Gasteiger partial charge on any atom is -0.380 e. The number of anilines is 1. The summed E-state index contributed by atoms with van der Waals surface area (Å²) in [5, 5.41) is 3.25. The highest BCUT2D eigenvalue weighted by molar-refractivity contribution is 5.55. The van der Waals surface area contributed by atoms with Crippen molar-refractivity contribution in [2.45, 2.75) is 27.3 Å². The maximum atomic E-state index is 5.52. The number of benzene rings is 1. The fourth-order valence-corrected chi connectivity index (χ4v) is 2.35. The molecule has 4 heteroatoms. The maximum Gasteiger partial charge on any atom is 0.0641 e. The first-order valence-corrected chi connectivity index (χ1v) is 7.87. The monoisotopic (exact) mass is 294 g/mol. The molecule has 0 saturated heterocycles. The summed E-state index contributed by atoms with van der Waals surface area (Å²) in [6, 6.07) is 6.63. The molecular weight excluding hydrogens is 264 g/mol. The highest BCUT2D eigenvalue weighted by atomic mass is 16.5. The third kappa shape index (κ3) is 6.46. The molecule has 1 rings (SSSR count). The molecule has 0 unspecified atom stereocenters. The molecule has 0 aromatic heterocycles. The first-order valence-electron chi connectivity index (χ1n) is 7.87. The zero-order chi connectivity index (χ0) is 15.5. The Kier molecular flexibility index (Phi) is 9.06. The predicted molar refractivity (Wildman–Crippen MR) is 89.1 cm³/mol. The summed E-state index contributed by atoms with van der Waals surface area (Å²) in [7, 11) is 1.98. The molecule has 0 aliphatic heterocycles. The molecule has 0 fully saturated rings. The van der Waals surface area contributed by atoms with E-state index >= 15 is 0 Å². The van der Waals surface area contributed by atoms with Crippen LogP contribution in [0.1, 0.15) is 25.0 Å². The zero-order valence-corrected chi connectivity index (χ0v) is 13.9. The van der Waals surface area contributed by atoms with Gasteiger partial charge in [-0.15, -0.1) is 0 Å². The third-order valence-corrected chi connectivity index (χ3v) is 3.36. The molecule has 0 aliphatic rings. The highest BCUT2D eigenvalue weighted by Crippen LogP contribution is 2.22. The van der Waals surface area contributed by atoms with Gasteiger partial charge in [-0.2, -0.15) is 0 Å². The van der Waals surface area contributed by atoms with Gasteiger partial charge in [0.15, 0.2) is 0 Å². The van der Waals surface area contributed by atoms with Crippen molar-refractivity contribution in [1.82, 2.24) is 5.32 Å². The molecule has 0 atom stereocenters. The average molecular weight is 294 g/mol. The van der Waals surface area contributed by atoms with Crippen molar-refractivity contribution in [3.63, 3.8) is 0 Å². The Morgan fingerprint density at radius 2 is 1.67 bits per heavy atom. The molecule has 1 aromatic carbocycles. The van der Waals surface area contributed by atoms with Crippen molar-refractivity contribution in [3.8, 4) is 0 Å². The molecule has 21 heavy (non-hydrogen) atoms. The van der Waals surface area contributed by atoms with E-state index in [1.54, 1.807) is 0 Å². The van der Waals surface area contributed by atoms with E-state index in [0.29, 0.717) is 0 Å². The number of aryl methyl sites for hydroxylation is 1. The van der Waals surface area contributed by atoms with Crippen LogP contribution >= 0.6 is 0 Å². The van der Waals surface area contributed by atoms with Gasteiger partial charge in [-0.3, -0.25) is 0 Å². The van der Waals surface area contributed by atoms with Crippen molar-refractivity contribution in [2.24, 2.45) is 0 Å². The van der Waals surface area contributed by atoms with E-state index in [9.17, 15) is 0 Å². The van der Waals surface area contributed by atoms with Crippen LogP contribution in [-0.4, -0.2) is 46.6 Å². The molecule has 0 radical (unpaired) electrons. The summed E-state index contributed by atoms with van der Waals surface area (Å²) in [6.45, 7) is 11.9. The van der Waals surface area contributed by atoms with Gasteiger partial charge < -0.3 is 19.7 Å². The second kappa shape index (κ2) is 10.6. The van der Waals surface area contributed by atoms with E-state index in [1.165, 1.54) is 16.8 Å². The van der Waals surface area contributed by atoms with Crippen molar-refractivity contribution < 1.29 is 9.47 Å². The zero-order valence-electron chi connectivity index (χ0n) is 13.9. The van der Waals surface area contributed by atoms with Crippen LogP contribution < -0.4 is 10.2 Å². The molecule has 0 amide bonds. The molecular formula is C17H30N2O2. The molecule has 1 N–H and O–H groups in total. The van der Waals surface area contributed by atoms with Gasteiger partial charge >= 0.3 is 0 Å². The summed E-state index contributed by atoms with van der Waals surface area (Å²) < 4.78 is 11.0. The first kappa shape index (κ1) is 18.0. The Morgan fingerprint density at radius 1 is 1.05 bits per heavy atom. The van der Waals surface area contributed by atoms with Crippen molar-refractivity contribution >= 4 is 5.69 Å². The van der Waals surface area contributed by atoms with Gasteiger partial charge in [0, 0.05) is 38.5 Å². The molecule has 0 spiro atoms. The van der Waals surface area contributed by atoms with E-state index in [2.05, 4.69) is 35.3 Å². The summed E-state index contributed by atoms with van der Waals surface area (Å²) in [5.41, 5.74) is 3.89. The van der Waals surface area contributed by atoms with Gasteiger partial charge in [0.1, 0.15) is 0 Å². The standard InChI is InChI=1S/C17H30N2O2/c1-5-20-11-9-19(10-12-21-6-2)17-8-7-15(3)13-16(17)14-18-4/h7-8,13,18H,5-6,9-12,14H2,1-4H3. The summed E-state index contributed by atoms with van der Waals surface area (Å²) in [6.07, 6.45) is 0. The molecule has 0 bridgehead atoms. The third-order valence-electron chi connectivity index (χ3n) is 3.36. The second-order valence-electron chi connectivity index (χ2n) is 5.04. The maximum absolute atomic E-state index is 5.52. The van der Waals surface area contributed by atoms with Crippen LogP contribution in [0, 0.1) is 6.92 Å². The van der Waals surface area contributed by atoms with Gasteiger partial charge in [0.25, 0.3) is 0 Å². The first-order chi connectivity index (χ1) is 10.2. The fourth-order valence-electron chi connectivity index (χ4n) is 2.35. The predicted octanol–water partition coefficient (Wildman–Crippen LogP) is 2.59. The lowest BCUT2D eigenvalue weighted by Crippen LogP contribution is -2.32. The molecule has 120 valence electrons. The Bertz CT molecular complexity index is 386. The quantitative estimate of drug-likeness (QED) is 0.636. The number of ether oxygens (including phenoxy) is 2. The van der Waals surface area contributed by atoms with Gasteiger partial charge in [0.2, 0.25) is 0 Å². The van der Waals surface area contributed by atoms with Crippen LogP contribution in [0.4, 0.5) is 5.69 Å². The lowest BCUT2D eigenvalue weighted by Gasteiger charge is -2.27. The van der Waals surface area contributed by atoms with E-state index in [-0.39, 0.29) is 0 Å². The lowest BCUT2D eigenvalue weighted by molar-refractivity contribution is 0.141. The number of nitrogens with zero attached hydrogens (tertiary/aromatic N) is 1. The molecule has 0 saturated carbocycles. The lowest BCUT2D eigenvalue weighted by atomic mass is 10.1. The van der Waals surface area contributed by atoms with Crippen LogP contribution in [-0.2, 0) is 16.0 Å². The van der Waals surface area contributed by atoms with Crippen LogP contribution in [0.15, 0.2) is 18.2 Å². The highest BCUT2D eigenvalue weighted by Gasteiger charge is 2.11.